The predicted molar refractivity (Wildman–Crippen MR) is 108 cm³/mol. The number of ether oxygens (including phenoxy) is 1. The molecule has 28 heavy (non-hydrogen) atoms. The van der Waals surface area contributed by atoms with E-state index in [0.29, 0.717) is 35.0 Å². The van der Waals surface area contributed by atoms with Gasteiger partial charge in [0.2, 0.25) is 5.82 Å². The summed E-state index contributed by atoms with van der Waals surface area (Å²) in [6.07, 6.45) is 0. The molecular formula is C19H22BrN5O3. The Hall–Kier alpha value is -2.52. The van der Waals surface area contributed by atoms with Crippen LogP contribution in [0.2, 0.25) is 0 Å². The van der Waals surface area contributed by atoms with Crippen molar-refractivity contribution in [2.24, 2.45) is 0 Å². The Morgan fingerprint density at radius 2 is 2.11 bits per heavy atom. The van der Waals surface area contributed by atoms with Crippen LogP contribution in [-0.4, -0.2) is 58.0 Å². The van der Waals surface area contributed by atoms with Crippen LogP contribution >= 0.6 is 15.9 Å². The number of carbonyl (C=O) groups is 1. The molecule has 0 fully saturated rings. The summed E-state index contributed by atoms with van der Waals surface area (Å²) in [5.74, 6) is 0.384. The van der Waals surface area contributed by atoms with Crippen molar-refractivity contribution in [3.05, 3.63) is 40.0 Å². The van der Waals surface area contributed by atoms with Crippen LogP contribution in [0, 0.1) is 13.8 Å². The maximum Gasteiger partial charge on any atom is 0.327 e. The average molecular weight is 448 g/mol. The summed E-state index contributed by atoms with van der Waals surface area (Å²) in [5.41, 5.74) is 3.23. The first-order valence-electron chi connectivity index (χ1n) is 8.79. The average Bonchev–Trinajstić information content (AvgIpc) is 3.20. The van der Waals surface area contributed by atoms with E-state index in [-0.39, 0.29) is 12.5 Å². The van der Waals surface area contributed by atoms with Gasteiger partial charge >= 0.3 is 5.97 Å². The molecule has 148 valence electrons. The zero-order valence-corrected chi connectivity index (χ0v) is 17.9. The number of rotatable bonds is 7. The first-order valence-corrected chi connectivity index (χ1v) is 9.59. The topological polar surface area (TPSA) is 86.3 Å². The van der Waals surface area contributed by atoms with E-state index in [1.165, 1.54) is 4.68 Å². The summed E-state index contributed by atoms with van der Waals surface area (Å²) in [4.78, 5) is 18.6. The minimum Gasteiger partial charge on any atom is -0.463 e. The molecule has 8 nitrogen and oxygen atoms in total. The third kappa shape index (κ3) is 4.66. The summed E-state index contributed by atoms with van der Waals surface area (Å²) in [6.45, 7) is 4.78. The molecule has 0 bridgehead atoms. The maximum atomic E-state index is 12.2. The van der Waals surface area contributed by atoms with Crippen molar-refractivity contribution in [2.75, 3.05) is 27.2 Å². The summed E-state index contributed by atoms with van der Waals surface area (Å²) >= 11 is 3.51. The maximum absolute atomic E-state index is 12.2. The van der Waals surface area contributed by atoms with Gasteiger partial charge in [0, 0.05) is 12.1 Å². The first-order chi connectivity index (χ1) is 13.3. The van der Waals surface area contributed by atoms with E-state index in [0.717, 1.165) is 16.8 Å². The van der Waals surface area contributed by atoms with Gasteiger partial charge in [-0.15, -0.1) is 0 Å². The van der Waals surface area contributed by atoms with Crippen LogP contribution in [-0.2, 0) is 16.1 Å². The van der Waals surface area contributed by atoms with Gasteiger partial charge in [-0.3, -0.25) is 4.79 Å². The number of nitrogens with zero attached hydrogens (tertiary/aromatic N) is 5. The number of aromatic nitrogens is 4. The van der Waals surface area contributed by atoms with E-state index >= 15 is 0 Å². The van der Waals surface area contributed by atoms with Crippen LogP contribution in [0.25, 0.3) is 23.0 Å². The molecule has 0 saturated heterocycles. The van der Waals surface area contributed by atoms with E-state index in [2.05, 4.69) is 31.2 Å². The van der Waals surface area contributed by atoms with Gasteiger partial charge in [0.1, 0.15) is 18.8 Å². The lowest BCUT2D eigenvalue weighted by atomic mass is 10.1. The third-order valence-electron chi connectivity index (χ3n) is 4.04. The molecule has 0 atom stereocenters. The van der Waals surface area contributed by atoms with E-state index < -0.39 is 0 Å². The second kappa shape index (κ2) is 8.66. The molecule has 0 spiro atoms. The van der Waals surface area contributed by atoms with Crippen LogP contribution in [0.3, 0.4) is 0 Å². The minimum absolute atomic E-state index is 0.0382. The summed E-state index contributed by atoms with van der Waals surface area (Å²) in [7, 11) is 3.84. The van der Waals surface area contributed by atoms with Crippen molar-refractivity contribution in [2.45, 2.75) is 20.4 Å². The Balaban J connectivity index is 1.84. The molecule has 9 heteroatoms. The van der Waals surface area contributed by atoms with Crippen LogP contribution < -0.4 is 0 Å². The Bertz CT molecular complexity index is 980. The Morgan fingerprint density at radius 1 is 1.32 bits per heavy atom. The van der Waals surface area contributed by atoms with Gasteiger partial charge in [-0.1, -0.05) is 22.9 Å². The third-order valence-corrected chi connectivity index (χ3v) is 4.99. The molecule has 0 aliphatic rings. The SMILES string of the molecule is Cc1cccc(-c2nc(-c3c(Br)c(C)nn3CC(=O)OCCN(C)C)no2)c1. The standard InChI is InChI=1S/C19H22BrN5O3/c1-12-6-5-7-14(10-12)19-21-18(23-28-19)17-16(20)13(2)22-25(17)11-15(26)27-9-8-24(3)4/h5-7,10H,8-9,11H2,1-4H3. The van der Waals surface area contributed by atoms with Gasteiger partial charge in [-0.2, -0.15) is 10.1 Å². The van der Waals surface area contributed by atoms with Crippen LogP contribution in [0.4, 0.5) is 0 Å². The lowest BCUT2D eigenvalue weighted by molar-refractivity contribution is -0.144. The van der Waals surface area contributed by atoms with E-state index in [4.69, 9.17) is 9.26 Å². The van der Waals surface area contributed by atoms with Gasteiger partial charge in [0.05, 0.1) is 10.2 Å². The van der Waals surface area contributed by atoms with Crippen molar-refractivity contribution in [1.82, 2.24) is 24.8 Å². The van der Waals surface area contributed by atoms with E-state index in [1.807, 2.05) is 57.1 Å². The molecule has 0 saturated carbocycles. The number of hydrogen-bond donors (Lipinski definition) is 0. The minimum atomic E-state index is -0.375. The number of carbonyl (C=O) groups excluding carboxylic acids is 1. The Kier molecular flexibility index (Phi) is 6.25. The first kappa shape index (κ1) is 20.2. The normalized spacial score (nSPS) is 11.2. The second-order valence-corrected chi connectivity index (χ2v) is 7.52. The summed E-state index contributed by atoms with van der Waals surface area (Å²) in [5, 5.41) is 8.49. The van der Waals surface area contributed by atoms with Crippen LogP contribution in [0.1, 0.15) is 11.3 Å². The number of hydrogen-bond acceptors (Lipinski definition) is 7. The zero-order valence-electron chi connectivity index (χ0n) is 16.3. The lowest BCUT2D eigenvalue weighted by Gasteiger charge is -2.10. The molecule has 1 aromatic carbocycles. The Labute approximate surface area is 171 Å². The highest BCUT2D eigenvalue weighted by Crippen LogP contribution is 2.30. The largest absolute Gasteiger partial charge is 0.463 e. The van der Waals surface area contributed by atoms with Crippen molar-refractivity contribution in [1.29, 1.82) is 0 Å². The van der Waals surface area contributed by atoms with Crippen LogP contribution in [0.5, 0.6) is 0 Å². The molecule has 0 aliphatic heterocycles. The number of esters is 1. The van der Waals surface area contributed by atoms with Gasteiger partial charge in [-0.25, -0.2) is 4.68 Å². The summed E-state index contributed by atoms with van der Waals surface area (Å²) in [6, 6.07) is 7.81. The van der Waals surface area contributed by atoms with Gasteiger partial charge in [0.15, 0.2) is 0 Å². The van der Waals surface area contributed by atoms with Crippen molar-refractivity contribution in [3.63, 3.8) is 0 Å². The highest BCUT2D eigenvalue weighted by atomic mass is 79.9. The molecule has 3 rings (SSSR count). The predicted octanol–water partition coefficient (Wildman–Crippen LogP) is 3.08. The quantitative estimate of drug-likeness (QED) is 0.514. The smallest absolute Gasteiger partial charge is 0.327 e. The number of halogens is 1. The van der Waals surface area contributed by atoms with Gasteiger partial charge < -0.3 is 14.2 Å². The van der Waals surface area contributed by atoms with Crippen molar-refractivity contribution < 1.29 is 14.1 Å². The molecule has 2 aromatic heterocycles. The fourth-order valence-electron chi connectivity index (χ4n) is 2.61. The molecular weight excluding hydrogens is 426 g/mol. The summed E-state index contributed by atoms with van der Waals surface area (Å²) < 4.78 is 12.9. The van der Waals surface area contributed by atoms with Crippen molar-refractivity contribution in [3.8, 4) is 23.0 Å². The number of aryl methyl sites for hydroxylation is 2. The molecule has 0 amide bonds. The fraction of sp³-hybridized carbons (Fsp3) is 0.368. The van der Waals surface area contributed by atoms with E-state index in [9.17, 15) is 4.79 Å². The van der Waals surface area contributed by atoms with Crippen molar-refractivity contribution >= 4 is 21.9 Å². The van der Waals surface area contributed by atoms with Gasteiger partial charge in [-0.05, 0) is 56.0 Å². The molecule has 0 aliphatic carbocycles. The Morgan fingerprint density at radius 3 is 2.82 bits per heavy atom. The zero-order chi connectivity index (χ0) is 20.3. The second-order valence-electron chi connectivity index (χ2n) is 6.72. The highest BCUT2D eigenvalue weighted by molar-refractivity contribution is 9.10. The fourth-order valence-corrected chi connectivity index (χ4v) is 3.07. The number of likely N-dealkylation sites (N-methyl/N-ethyl adjacent to an activating group) is 1. The molecule has 3 aromatic rings. The monoisotopic (exact) mass is 447 g/mol. The lowest BCUT2D eigenvalue weighted by Crippen LogP contribution is -2.22. The van der Waals surface area contributed by atoms with Gasteiger partial charge in [0.25, 0.3) is 5.89 Å². The molecule has 0 radical (unpaired) electrons. The molecule has 0 unspecified atom stereocenters. The van der Waals surface area contributed by atoms with E-state index in [1.54, 1.807) is 0 Å². The molecule has 0 N–H and O–H groups in total. The van der Waals surface area contributed by atoms with Crippen LogP contribution in [0.15, 0.2) is 33.3 Å². The highest BCUT2D eigenvalue weighted by Gasteiger charge is 2.22. The molecule has 2 heterocycles. The number of benzene rings is 1.